The van der Waals surface area contributed by atoms with Gasteiger partial charge in [-0.2, -0.15) is 0 Å². The third-order valence-electron chi connectivity index (χ3n) is 6.20. The Kier molecular flexibility index (Phi) is 3.58. The van der Waals surface area contributed by atoms with Gasteiger partial charge in [0.25, 0.3) is 0 Å². The second-order valence-corrected chi connectivity index (χ2v) is 7.96. The second-order valence-electron chi connectivity index (χ2n) is 7.96. The molecular weight excluding hydrogens is 396 g/mol. The standard InChI is InChI=1S/C26H18N6/c1-2-5-21-19(4-1)25-23(31(21)17-7-12-27-13-8-17)16-20-24-22(6-3-11-29-24)32(26(20)30-25)18-9-14-28-15-10-18/h1-9,11-14,16H,10,15H2. The summed E-state index contributed by atoms with van der Waals surface area (Å²) >= 11 is 0. The Hall–Kier alpha value is -4.32. The van der Waals surface area contributed by atoms with Gasteiger partial charge in [0.15, 0.2) is 0 Å². The van der Waals surface area contributed by atoms with Crippen LogP contribution in [-0.4, -0.2) is 36.8 Å². The van der Waals surface area contributed by atoms with Crippen LogP contribution in [0.5, 0.6) is 0 Å². The molecule has 7 rings (SSSR count). The third kappa shape index (κ3) is 2.34. The predicted molar refractivity (Wildman–Crippen MR) is 129 cm³/mol. The zero-order valence-corrected chi connectivity index (χ0v) is 17.2. The van der Waals surface area contributed by atoms with E-state index in [-0.39, 0.29) is 0 Å². The Labute approximate surface area is 183 Å². The van der Waals surface area contributed by atoms with Crippen molar-refractivity contribution >= 4 is 55.9 Å². The van der Waals surface area contributed by atoms with Gasteiger partial charge < -0.3 is 4.57 Å². The van der Waals surface area contributed by atoms with Crippen molar-refractivity contribution in [3.8, 4) is 5.69 Å². The number of hydrogen-bond donors (Lipinski definition) is 0. The molecule has 0 N–H and O–H groups in total. The van der Waals surface area contributed by atoms with Crippen LogP contribution in [0.1, 0.15) is 6.42 Å². The fourth-order valence-electron chi connectivity index (χ4n) is 4.83. The van der Waals surface area contributed by atoms with Crippen molar-refractivity contribution in [2.45, 2.75) is 6.42 Å². The minimum Gasteiger partial charge on any atom is -0.307 e. The molecule has 0 aliphatic carbocycles. The number of rotatable bonds is 2. The van der Waals surface area contributed by atoms with E-state index in [1.54, 1.807) is 0 Å². The normalized spacial score (nSPS) is 14.1. The SMILES string of the molecule is C1=NCCC(n2c3cccnc3c3cc4c(nc32)c2ccccc2n4-c2ccncc2)=C1. The summed E-state index contributed by atoms with van der Waals surface area (Å²) in [6, 6.07) is 18.8. The van der Waals surface area contributed by atoms with E-state index in [9.17, 15) is 0 Å². The zero-order chi connectivity index (χ0) is 21.1. The molecule has 5 aromatic heterocycles. The quantitative estimate of drug-likeness (QED) is 0.382. The number of aliphatic imine (C=N–C) groups is 1. The van der Waals surface area contributed by atoms with Crippen LogP contribution in [0.3, 0.4) is 0 Å². The number of pyridine rings is 3. The van der Waals surface area contributed by atoms with E-state index >= 15 is 0 Å². The summed E-state index contributed by atoms with van der Waals surface area (Å²) in [6.07, 6.45) is 10.4. The van der Waals surface area contributed by atoms with E-state index in [0.717, 1.165) is 62.7 Å². The summed E-state index contributed by atoms with van der Waals surface area (Å²) in [7, 11) is 0. The van der Waals surface area contributed by atoms with Crippen molar-refractivity contribution in [3.63, 3.8) is 0 Å². The number of aromatic nitrogens is 5. The first kappa shape index (κ1) is 17.4. The highest BCUT2D eigenvalue weighted by Gasteiger charge is 2.20. The number of para-hydroxylation sites is 1. The Bertz CT molecular complexity index is 1720. The lowest BCUT2D eigenvalue weighted by atomic mass is 10.2. The average Bonchev–Trinajstić information content (AvgIpc) is 3.36. The van der Waals surface area contributed by atoms with Gasteiger partial charge in [-0.15, -0.1) is 0 Å². The van der Waals surface area contributed by atoms with Gasteiger partial charge in [-0.05, 0) is 42.5 Å². The second kappa shape index (κ2) is 6.59. The van der Waals surface area contributed by atoms with Crippen molar-refractivity contribution in [3.05, 3.63) is 79.3 Å². The Morgan fingerprint density at radius 1 is 0.750 bits per heavy atom. The molecule has 0 saturated heterocycles. The number of fused-ring (bicyclic) bond motifs is 6. The maximum Gasteiger partial charge on any atom is 0.147 e. The van der Waals surface area contributed by atoms with Gasteiger partial charge >= 0.3 is 0 Å². The van der Waals surface area contributed by atoms with Crippen LogP contribution in [0, 0.1) is 0 Å². The highest BCUT2D eigenvalue weighted by Crippen LogP contribution is 2.37. The van der Waals surface area contributed by atoms with Crippen LogP contribution in [0.15, 0.2) is 84.3 Å². The molecule has 0 radical (unpaired) electrons. The molecule has 1 aliphatic rings. The van der Waals surface area contributed by atoms with Crippen LogP contribution in [0.2, 0.25) is 0 Å². The summed E-state index contributed by atoms with van der Waals surface area (Å²) in [5, 5.41) is 2.18. The summed E-state index contributed by atoms with van der Waals surface area (Å²) < 4.78 is 4.51. The first-order valence-corrected chi connectivity index (χ1v) is 10.7. The topological polar surface area (TPSA) is 60.9 Å². The van der Waals surface area contributed by atoms with E-state index in [4.69, 9.17) is 9.97 Å². The molecule has 0 saturated carbocycles. The van der Waals surface area contributed by atoms with Crippen LogP contribution in [-0.2, 0) is 0 Å². The van der Waals surface area contributed by atoms with E-state index in [1.165, 1.54) is 5.70 Å². The fourth-order valence-corrected chi connectivity index (χ4v) is 4.83. The lowest BCUT2D eigenvalue weighted by Crippen LogP contribution is -2.03. The predicted octanol–water partition coefficient (Wildman–Crippen LogP) is 5.39. The Morgan fingerprint density at radius 3 is 2.50 bits per heavy atom. The molecule has 0 spiro atoms. The molecule has 1 aromatic carbocycles. The molecule has 0 bridgehead atoms. The van der Waals surface area contributed by atoms with Gasteiger partial charge in [0.2, 0.25) is 0 Å². The van der Waals surface area contributed by atoms with Crippen LogP contribution >= 0.6 is 0 Å². The third-order valence-corrected chi connectivity index (χ3v) is 6.20. The largest absolute Gasteiger partial charge is 0.307 e. The van der Waals surface area contributed by atoms with Gasteiger partial charge in [0.05, 0.1) is 27.6 Å². The zero-order valence-electron chi connectivity index (χ0n) is 17.2. The molecule has 152 valence electrons. The monoisotopic (exact) mass is 414 g/mol. The molecule has 1 aliphatic heterocycles. The van der Waals surface area contributed by atoms with Crippen molar-refractivity contribution in [2.75, 3.05) is 6.54 Å². The highest BCUT2D eigenvalue weighted by molar-refractivity contribution is 6.15. The van der Waals surface area contributed by atoms with E-state index in [1.807, 2.05) is 43.0 Å². The molecule has 32 heavy (non-hydrogen) atoms. The van der Waals surface area contributed by atoms with Gasteiger partial charge in [0, 0.05) is 59.9 Å². The molecule has 0 amide bonds. The molecule has 6 aromatic rings. The minimum atomic E-state index is 0.789. The van der Waals surface area contributed by atoms with Gasteiger partial charge in [-0.25, -0.2) is 4.98 Å². The fraction of sp³-hybridized carbons (Fsp3) is 0.0769. The van der Waals surface area contributed by atoms with E-state index in [2.05, 4.69) is 61.6 Å². The molecule has 0 unspecified atom stereocenters. The van der Waals surface area contributed by atoms with Crippen molar-refractivity contribution in [2.24, 2.45) is 4.99 Å². The van der Waals surface area contributed by atoms with Crippen LogP contribution < -0.4 is 0 Å². The molecule has 6 heterocycles. The molecule has 6 heteroatoms. The smallest absolute Gasteiger partial charge is 0.147 e. The van der Waals surface area contributed by atoms with E-state index in [0.29, 0.717) is 0 Å². The van der Waals surface area contributed by atoms with Gasteiger partial charge in [0.1, 0.15) is 5.65 Å². The average molecular weight is 414 g/mol. The van der Waals surface area contributed by atoms with Crippen molar-refractivity contribution in [1.82, 2.24) is 24.1 Å². The molecule has 0 atom stereocenters. The first-order valence-electron chi connectivity index (χ1n) is 10.7. The minimum absolute atomic E-state index is 0.789. The number of dihydropyridines is 1. The van der Waals surface area contributed by atoms with Crippen LogP contribution in [0.25, 0.3) is 55.4 Å². The summed E-state index contributed by atoms with van der Waals surface area (Å²) in [5.74, 6) is 0. The highest BCUT2D eigenvalue weighted by atomic mass is 15.1. The lowest BCUT2D eigenvalue weighted by Gasteiger charge is -2.12. The molecule has 6 nitrogen and oxygen atoms in total. The number of hydrogen-bond acceptors (Lipinski definition) is 4. The Morgan fingerprint density at radius 2 is 1.62 bits per heavy atom. The van der Waals surface area contributed by atoms with Gasteiger partial charge in [-0.1, -0.05) is 18.2 Å². The maximum absolute atomic E-state index is 5.27. The number of nitrogens with zero attached hydrogens (tertiary/aromatic N) is 6. The van der Waals surface area contributed by atoms with Crippen molar-refractivity contribution in [1.29, 1.82) is 0 Å². The van der Waals surface area contributed by atoms with Crippen LogP contribution in [0.4, 0.5) is 0 Å². The number of allylic oxidation sites excluding steroid dienone is 1. The molecular formula is C26H18N6. The maximum atomic E-state index is 5.27. The van der Waals surface area contributed by atoms with E-state index < -0.39 is 0 Å². The summed E-state index contributed by atoms with van der Waals surface area (Å²) in [5.41, 5.74) is 8.41. The van der Waals surface area contributed by atoms with Gasteiger partial charge in [-0.3, -0.25) is 19.5 Å². The Balaban J connectivity index is 1.68. The first-order chi connectivity index (χ1) is 15.9. The van der Waals surface area contributed by atoms with Crippen molar-refractivity contribution < 1.29 is 0 Å². The number of benzene rings is 1. The summed E-state index contributed by atoms with van der Waals surface area (Å²) in [6.45, 7) is 0.789. The molecule has 0 fully saturated rings. The summed E-state index contributed by atoms with van der Waals surface area (Å²) in [4.78, 5) is 18.6. The lowest BCUT2D eigenvalue weighted by molar-refractivity contribution is 0.955.